The minimum absolute atomic E-state index is 0.00151. The van der Waals surface area contributed by atoms with Gasteiger partial charge in [-0.3, -0.25) is 0 Å². The summed E-state index contributed by atoms with van der Waals surface area (Å²) in [6.07, 6.45) is -4.08. The first-order valence-corrected chi connectivity index (χ1v) is 10.3. The van der Waals surface area contributed by atoms with Crippen molar-refractivity contribution in [2.45, 2.75) is 50.4 Å². The third-order valence-electron chi connectivity index (χ3n) is 5.98. The number of hydrogen-bond acceptors (Lipinski definition) is 5. The van der Waals surface area contributed by atoms with Gasteiger partial charge < -0.3 is 15.5 Å². The van der Waals surface area contributed by atoms with Gasteiger partial charge in [-0.1, -0.05) is 18.5 Å². The van der Waals surface area contributed by atoms with Crippen LogP contribution in [0.2, 0.25) is 5.02 Å². The minimum atomic E-state index is -5.02. The molecule has 2 aromatic carbocycles. The molecule has 0 unspecified atom stereocenters. The molecule has 0 spiro atoms. The summed E-state index contributed by atoms with van der Waals surface area (Å²) in [6.45, 7) is 3.28. The molecule has 32 heavy (non-hydrogen) atoms. The molecule has 4 rings (SSSR count). The van der Waals surface area contributed by atoms with Gasteiger partial charge in [0.25, 0.3) is 0 Å². The molecule has 0 radical (unpaired) electrons. The Hall–Kier alpha value is -2.65. The second kappa shape index (κ2) is 7.74. The Balaban J connectivity index is 1.96. The van der Waals surface area contributed by atoms with E-state index in [2.05, 4.69) is 15.3 Å². The highest BCUT2D eigenvalue weighted by molar-refractivity contribution is 6.30. The fourth-order valence-corrected chi connectivity index (χ4v) is 4.67. The Morgan fingerprint density at radius 3 is 2.62 bits per heavy atom. The molecule has 1 aliphatic carbocycles. The molecule has 3 N–H and O–H groups in total. The van der Waals surface area contributed by atoms with E-state index in [1.807, 2.05) is 0 Å². The van der Waals surface area contributed by atoms with Gasteiger partial charge >= 0.3 is 6.18 Å². The minimum Gasteiger partial charge on any atom is -0.508 e. The van der Waals surface area contributed by atoms with Crippen molar-refractivity contribution in [1.29, 1.82) is 0 Å². The van der Waals surface area contributed by atoms with Crippen molar-refractivity contribution in [1.82, 2.24) is 9.97 Å². The maximum Gasteiger partial charge on any atom is 0.419 e. The van der Waals surface area contributed by atoms with Crippen LogP contribution in [0.5, 0.6) is 5.75 Å². The zero-order chi connectivity index (χ0) is 23.4. The maximum atomic E-state index is 14.3. The third kappa shape index (κ3) is 3.63. The zero-order valence-corrected chi connectivity index (χ0v) is 17.9. The zero-order valence-electron chi connectivity index (χ0n) is 17.1. The number of phenols is 1. The highest BCUT2D eigenvalue weighted by Gasteiger charge is 2.62. The molecule has 0 saturated carbocycles. The number of aromatic nitrogens is 2. The highest BCUT2D eigenvalue weighted by Crippen LogP contribution is 2.55. The normalized spacial score (nSPS) is 23.2. The monoisotopic (exact) mass is 469 g/mol. The molecule has 3 atom stereocenters. The molecule has 1 aromatic heterocycles. The van der Waals surface area contributed by atoms with Gasteiger partial charge in [-0.05, 0) is 49.4 Å². The van der Waals surface area contributed by atoms with Gasteiger partial charge in [0.15, 0.2) is 5.60 Å². The Labute approximate surface area is 186 Å². The second-order valence-electron chi connectivity index (χ2n) is 8.04. The smallest absolute Gasteiger partial charge is 0.419 e. The molecular weight excluding hydrogens is 450 g/mol. The van der Waals surface area contributed by atoms with E-state index in [4.69, 9.17) is 11.6 Å². The van der Waals surface area contributed by atoms with Crippen LogP contribution in [0, 0.1) is 12.7 Å². The molecule has 5 nitrogen and oxygen atoms in total. The maximum absolute atomic E-state index is 14.3. The number of anilines is 1. The lowest BCUT2D eigenvalue weighted by molar-refractivity contribution is -0.272. The van der Waals surface area contributed by atoms with Crippen molar-refractivity contribution in [2.75, 3.05) is 5.32 Å². The van der Waals surface area contributed by atoms with E-state index in [0.29, 0.717) is 5.82 Å². The van der Waals surface area contributed by atoms with Crippen molar-refractivity contribution in [3.8, 4) is 5.75 Å². The number of rotatable bonds is 3. The number of hydrogen-bond donors (Lipinski definition) is 3. The molecule has 1 aliphatic rings. The van der Waals surface area contributed by atoms with E-state index < -0.39 is 36.0 Å². The Morgan fingerprint density at radius 1 is 1.25 bits per heavy atom. The molecule has 3 aromatic rings. The molecule has 1 heterocycles. The van der Waals surface area contributed by atoms with Crippen molar-refractivity contribution in [3.05, 3.63) is 58.3 Å². The van der Waals surface area contributed by atoms with E-state index in [9.17, 15) is 27.8 Å². The quantitative estimate of drug-likeness (QED) is 0.424. The molecule has 10 heteroatoms. The number of fused-ring (bicyclic) bond motifs is 2. The molecule has 0 fully saturated rings. The first-order valence-electron chi connectivity index (χ1n) is 9.95. The number of aryl methyl sites for hydroxylation is 1. The van der Waals surface area contributed by atoms with Crippen molar-refractivity contribution >= 4 is 28.2 Å². The third-order valence-corrected chi connectivity index (χ3v) is 6.20. The van der Waals surface area contributed by atoms with Gasteiger partial charge in [0.05, 0.1) is 11.6 Å². The van der Waals surface area contributed by atoms with E-state index in [1.54, 1.807) is 13.8 Å². The number of halogens is 5. The van der Waals surface area contributed by atoms with Crippen LogP contribution >= 0.6 is 11.6 Å². The second-order valence-corrected chi connectivity index (χ2v) is 8.48. The molecule has 0 aliphatic heterocycles. The number of aromatic hydroxyl groups is 1. The summed E-state index contributed by atoms with van der Waals surface area (Å²) in [4.78, 5) is 8.19. The van der Waals surface area contributed by atoms with E-state index in [0.717, 1.165) is 12.1 Å². The van der Waals surface area contributed by atoms with Crippen molar-refractivity contribution in [3.63, 3.8) is 0 Å². The van der Waals surface area contributed by atoms with Gasteiger partial charge in [-0.2, -0.15) is 13.2 Å². The number of benzene rings is 2. The standard InChI is InChI=1S/C22H20ClF4N3O2/c1-3-11-8-21(32,22(25,26)27)20(14-4-12(23)5-18(31)19(11)14)30-17-7-13(24)6-16-15(17)9-28-10(2)29-16/h4-7,9,11,20,30-32H,3,8H2,1-2H3/t11-,20+,21-/m1/s1. The first-order chi connectivity index (χ1) is 14.9. The lowest BCUT2D eigenvalue weighted by atomic mass is 9.69. The number of aliphatic hydroxyl groups is 1. The molecule has 0 bridgehead atoms. The number of alkyl halides is 3. The summed E-state index contributed by atoms with van der Waals surface area (Å²) >= 11 is 6.06. The summed E-state index contributed by atoms with van der Waals surface area (Å²) < 4.78 is 57.0. The van der Waals surface area contributed by atoms with Crippen molar-refractivity contribution < 1.29 is 27.8 Å². The van der Waals surface area contributed by atoms with Crippen LogP contribution in [-0.2, 0) is 0 Å². The average Bonchev–Trinajstić information content (AvgIpc) is 2.68. The van der Waals surface area contributed by atoms with Gasteiger partial charge in [-0.25, -0.2) is 14.4 Å². The topological polar surface area (TPSA) is 78.3 Å². The van der Waals surface area contributed by atoms with Crippen LogP contribution in [0.15, 0.2) is 30.5 Å². The lowest BCUT2D eigenvalue weighted by Gasteiger charge is -2.46. The van der Waals surface area contributed by atoms with Crippen LogP contribution < -0.4 is 5.32 Å². The van der Waals surface area contributed by atoms with Gasteiger partial charge in [0.1, 0.15) is 17.4 Å². The van der Waals surface area contributed by atoms with Gasteiger partial charge in [-0.15, -0.1) is 0 Å². The Kier molecular flexibility index (Phi) is 5.45. The van der Waals surface area contributed by atoms with Gasteiger partial charge in [0, 0.05) is 33.9 Å². The number of phenolic OH excluding ortho intramolecular Hbond substituents is 1. The van der Waals surface area contributed by atoms with Crippen LogP contribution in [0.3, 0.4) is 0 Å². The predicted octanol–water partition coefficient (Wildman–Crippen LogP) is 5.78. The van der Waals surface area contributed by atoms with Gasteiger partial charge in [0.2, 0.25) is 0 Å². The van der Waals surface area contributed by atoms with E-state index in [-0.39, 0.29) is 44.9 Å². The number of nitrogens with one attached hydrogen (secondary N) is 1. The van der Waals surface area contributed by atoms with E-state index >= 15 is 0 Å². The highest BCUT2D eigenvalue weighted by atomic mass is 35.5. The Bertz CT molecular complexity index is 1200. The SMILES string of the molecule is CC[C@@H]1C[C@](O)(C(F)(F)F)[C@@H](Nc2cc(F)cc3nc(C)ncc23)c2cc(Cl)cc(O)c21. The fraction of sp³-hybridized carbons (Fsp3) is 0.364. The fourth-order valence-electron chi connectivity index (χ4n) is 4.45. The first kappa shape index (κ1) is 22.5. The summed E-state index contributed by atoms with van der Waals surface area (Å²) in [5.41, 5.74) is -2.75. The predicted molar refractivity (Wildman–Crippen MR) is 112 cm³/mol. The summed E-state index contributed by atoms with van der Waals surface area (Å²) in [7, 11) is 0. The lowest BCUT2D eigenvalue weighted by Crippen LogP contribution is -2.55. The summed E-state index contributed by atoms with van der Waals surface area (Å²) in [5.74, 6) is -1.36. The largest absolute Gasteiger partial charge is 0.508 e. The van der Waals surface area contributed by atoms with Crippen LogP contribution in [0.25, 0.3) is 10.9 Å². The van der Waals surface area contributed by atoms with Crippen LogP contribution in [-0.4, -0.2) is 32.0 Å². The van der Waals surface area contributed by atoms with Crippen LogP contribution in [0.1, 0.15) is 48.7 Å². The van der Waals surface area contributed by atoms with Crippen molar-refractivity contribution in [2.24, 2.45) is 0 Å². The van der Waals surface area contributed by atoms with Crippen LogP contribution in [0.4, 0.5) is 23.2 Å². The molecule has 0 saturated heterocycles. The summed E-state index contributed by atoms with van der Waals surface area (Å²) in [6, 6.07) is 2.95. The Morgan fingerprint density at radius 2 is 1.97 bits per heavy atom. The molecular formula is C22H20ClF4N3O2. The summed E-state index contributed by atoms with van der Waals surface area (Å²) in [5, 5.41) is 24.5. The average molecular weight is 470 g/mol. The molecule has 170 valence electrons. The number of nitrogens with zero attached hydrogens (tertiary/aromatic N) is 2. The van der Waals surface area contributed by atoms with E-state index in [1.165, 1.54) is 18.3 Å². The molecule has 0 amide bonds.